The lowest BCUT2D eigenvalue weighted by atomic mass is 9.83. The zero-order valence-electron chi connectivity index (χ0n) is 22.2. The standard InChI is InChI=1S/C29H28ClN3O6S2/c1-2-39-20-14-16(6-11-19(20)34)22-23-24(27(37)33(26(23)36)18-9-7-17(30)8-10-18)40-28-25(22)41-29(38)32(28)15-21(35)31-12-4-3-5-13-31/h6-11,14,22-24,34H,2-5,12-13,15H2,1H3. The van der Waals surface area contributed by atoms with E-state index in [1.165, 1.54) is 27.3 Å². The Labute approximate surface area is 249 Å². The molecule has 2 aromatic carbocycles. The average molecular weight is 614 g/mol. The van der Waals surface area contributed by atoms with Crippen LogP contribution in [0.25, 0.3) is 0 Å². The van der Waals surface area contributed by atoms with Gasteiger partial charge in [-0.3, -0.25) is 23.7 Å². The number of anilines is 1. The van der Waals surface area contributed by atoms with E-state index in [1.54, 1.807) is 48.2 Å². The molecule has 0 radical (unpaired) electrons. The molecule has 9 nitrogen and oxygen atoms in total. The van der Waals surface area contributed by atoms with Crippen molar-refractivity contribution in [3.63, 3.8) is 0 Å². The van der Waals surface area contributed by atoms with Crippen LogP contribution in [-0.4, -0.2) is 57.2 Å². The molecule has 0 saturated carbocycles. The summed E-state index contributed by atoms with van der Waals surface area (Å²) in [5, 5.41) is 10.6. The minimum Gasteiger partial charge on any atom is -0.504 e. The number of halogens is 1. The van der Waals surface area contributed by atoms with E-state index in [2.05, 4.69) is 0 Å². The molecule has 0 spiro atoms. The van der Waals surface area contributed by atoms with Gasteiger partial charge in [-0.2, -0.15) is 0 Å². The predicted octanol–water partition coefficient (Wildman–Crippen LogP) is 4.48. The van der Waals surface area contributed by atoms with Gasteiger partial charge in [-0.25, -0.2) is 4.90 Å². The molecule has 4 heterocycles. The van der Waals surface area contributed by atoms with Gasteiger partial charge in [-0.15, -0.1) is 0 Å². The third kappa shape index (κ3) is 4.93. The Hall–Kier alpha value is -3.28. The molecule has 3 unspecified atom stereocenters. The van der Waals surface area contributed by atoms with Crippen molar-refractivity contribution in [3.8, 4) is 11.5 Å². The molecule has 6 rings (SSSR count). The van der Waals surface area contributed by atoms with Gasteiger partial charge >= 0.3 is 4.87 Å². The molecule has 214 valence electrons. The normalized spacial score (nSPS) is 22.0. The quantitative estimate of drug-likeness (QED) is 0.409. The highest BCUT2D eigenvalue weighted by Gasteiger charge is 2.57. The largest absolute Gasteiger partial charge is 0.504 e. The van der Waals surface area contributed by atoms with E-state index in [0.29, 0.717) is 45.9 Å². The van der Waals surface area contributed by atoms with Gasteiger partial charge in [0.25, 0.3) is 0 Å². The van der Waals surface area contributed by atoms with E-state index in [0.717, 1.165) is 30.6 Å². The van der Waals surface area contributed by atoms with Crippen LogP contribution in [0.5, 0.6) is 11.5 Å². The maximum atomic E-state index is 14.0. The van der Waals surface area contributed by atoms with Crippen LogP contribution in [0.4, 0.5) is 5.69 Å². The van der Waals surface area contributed by atoms with E-state index < -0.39 is 17.1 Å². The fourth-order valence-electron chi connectivity index (χ4n) is 5.83. The molecule has 41 heavy (non-hydrogen) atoms. The second kappa shape index (κ2) is 11.2. The second-order valence-electron chi connectivity index (χ2n) is 10.3. The zero-order chi connectivity index (χ0) is 28.8. The van der Waals surface area contributed by atoms with Crippen molar-refractivity contribution in [1.82, 2.24) is 9.47 Å². The van der Waals surface area contributed by atoms with Gasteiger partial charge in [0, 0.05) is 28.9 Å². The number of ether oxygens (including phenoxy) is 1. The number of amides is 3. The topological polar surface area (TPSA) is 109 Å². The number of hydrogen-bond donors (Lipinski definition) is 1. The maximum absolute atomic E-state index is 14.0. The number of carbonyl (C=O) groups is 3. The molecule has 3 aromatic rings. The summed E-state index contributed by atoms with van der Waals surface area (Å²) in [5.74, 6) is -2.17. The number of benzene rings is 2. The van der Waals surface area contributed by atoms with Gasteiger partial charge in [0.1, 0.15) is 11.8 Å². The molecule has 1 aromatic heterocycles. The van der Waals surface area contributed by atoms with Gasteiger partial charge in [-0.05, 0) is 68.1 Å². The molecule has 3 amide bonds. The molecular formula is C29H28ClN3O6S2. The van der Waals surface area contributed by atoms with Crippen LogP contribution in [-0.2, 0) is 20.9 Å². The summed E-state index contributed by atoms with van der Waals surface area (Å²) in [5.41, 5.74) is 1.05. The fourth-order valence-corrected chi connectivity index (χ4v) is 8.73. The minimum absolute atomic E-state index is 0.0490. The van der Waals surface area contributed by atoms with E-state index in [-0.39, 0.29) is 40.6 Å². The Morgan fingerprint density at radius 2 is 1.78 bits per heavy atom. The Bertz CT molecular complexity index is 1580. The summed E-state index contributed by atoms with van der Waals surface area (Å²) >= 11 is 8.23. The summed E-state index contributed by atoms with van der Waals surface area (Å²) in [6.45, 7) is 3.32. The number of imide groups is 1. The molecule has 2 saturated heterocycles. The molecular weight excluding hydrogens is 586 g/mol. The predicted molar refractivity (Wildman–Crippen MR) is 157 cm³/mol. The Balaban J connectivity index is 1.45. The number of hydrogen-bond acceptors (Lipinski definition) is 8. The van der Waals surface area contributed by atoms with Crippen molar-refractivity contribution in [2.45, 2.75) is 48.9 Å². The number of nitrogens with zero attached hydrogens (tertiary/aromatic N) is 3. The molecule has 1 N–H and O–H groups in total. The summed E-state index contributed by atoms with van der Waals surface area (Å²) in [4.78, 5) is 57.7. The summed E-state index contributed by atoms with van der Waals surface area (Å²) in [6.07, 6.45) is 2.95. The van der Waals surface area contributed by atoms with Crippen molar-refractivity contribution < 1.29 is 24.2 Å². The van der Waals surface area contributed by atoms with E-state index in [9.17, 15) is 24.3 Å². The van der Waals surface area contributed by atoms with Crippen LogP contribution in [0.3, 0.4) is 0 Å². The summed E-state index contributed by atoms with van der Waals surface area (Å²) in [6, 6.07) is 11.4. The van der Waals surface area contributed by atoms with Crippen molar-refractivity contribution in [3.05, 3.63) is 67.6 Å². The van der Waals surface area contributed by atoms with Gasteiger partial charge in [-0.1, -0.05) is 40.8 Å². The van der Waals surface area contributed by atoms with Gasteiger partial charge < -0.3 is 14.7 Å². The first-order valence-electron chi connectivity index (χ1n) is 13.6. The van der Waals surface area contributed by atoms with Crippen LogP contribution in [0, 0.1) is 5.92 Å². The Kier molecular flexibility index (Phi) is 7.60. The molecule has 3 atom stereocenters. The average Bonchev–Trinajstić information content (AvgIpc) is 3.41. The number of fused-ring (bicyclic) bond motifs is 2. The van der Waals surface area contributed by atoms with Gasteiger partial charge in [0.2, 0.25) is 17.7 Å². The number of phenolic OH excluding ortho intramolecular Hbond substituents is 1. The molecule has 3 aliphatic heterocycles. The highest BCUT2D eigenvalue weighted by molar-refractivity contribution is 8.00. The number of thioether (sulfide) groups is 1. The van der Waals surface area contributed by atoms with Crippen LogP contribution < -0.4 is 14.5 Å². The number of thiazole rings is 1. The molecule has 2 fully saturated rings. The third-order valence-corrected chi connectivity index (χ3v) is 10.6. The number of aromatic hydroxyl groups is 1. The Morgan fingerprint density at radius 1 is 1.05 bits per heavy atom. The number of aromatic nitrogens is 1. The summed E-state index contributed by atoms with van der Waals surface area (Å²) < 4.78 is 7.08. The van der Waals surface area contributed by atoms with Crippen molar-refractivity contribution in [2.75, 3.05) is 24.6 Å². The maximum Gasteiger partial charge on any atom is 0.308 e. The summed E-state index contributed by atoms with van der Waals surface area (Å²) in [7, 11) is 0. The van der Waals surface area contributed by atoms with Gasteiger partial charge in [0.15, 0.2) is 11.5 Å². The van der Waals surface area contributed by atoms with Crippen LogP contribution in [0.2, 0.25) is 5.02 Å². The Morgan fingerprint density at radius 3 is 2.49 bits per heavy atom. The lowest BCUT2D eigenvalue weighted by Gasteiger charge is -2.31. The SMILES string of the molecule is CCOc1cc(C2c3sc(=O)n(CC(=O)N4CCCCC4)c3SC3C(=O)N(c4ccc(Cl)cc4)C(=O)C32)ccc1O. The lowest BCUT2D eigenvalue weighted by Crippen LogP contribution is -2.39. The second-order valence-corrected chi connectivity index (χ2v) is 12.8. The molecule has 0 aliphatic carbocycles. The molecule has 0 bridgehead atoms. The number of phenols is 1. The molecule has 3 aliphatic rings. The fraction of sp³-hybridized carbons (Fsp3) is 0.379. The van der Waals surface area contributed by atoms with E-state index in [1.807, 2.05) is 0 Å². The van der Waals surface area contributed by atoms with Gasteiger partial charge in [0.05, 0.1) is 23.2 Å². The zero-order valence-corrected chi connectivity index (χ0v) is 24.6. The van der Waals surface area contributed by atoms with Crippen LogP contribution >= 0.6 is 34.7 Å². The molecule has 12 heteroatoms. The van der Waals surface area contributed by atoms with Crippen LogP contribution in [0.15, 0.2) is 52.3 Å². The van der Waals surface area contributed by atoms with Crippen molar-refractivity contribution >= 4 is 58.1 Å². The monoisotopic (exact) mass is 613 g/mol. The van der Waals surface area contributed by atoms with Crippen molar-refractivity contribution in [1.29, 1.82) is 0 Å². The van der Waals surface area contributed by atoms with E-state index >= 15 is 0 Å². The van der Waals surface area contributed by atoms with E-state index in [4.69, 9.17) is 16.3 Å². The van der Waals surface area contributed by atoms with Crippen molar-refractivity contribution in [2.24, 2.45) is 5.92 Å². The smallest absolute Gasteiger partial charge is 0.308 e. The first-order valence-corrected chi connectivity index (χ1v) is 15.6. The first kappa shape index (κ1) is 27.9. The number of rotatable bonds is 6. The highest BCUT2D eigenvalue weighted by atomic mass is 35.5. The number of piperidine rings is 1. The third-order valence-electron chi connectivity index (χ3n) is 7.78. The minimum atomic E-state index is -0.814. The number of carbonyl (C=O) groups excluding carboxylic acids is 3. The lowest BCUT2D eigenvalue weighted by molar-refractivity contribution is -0.133. The highest BCUT2D eigenvalue weighted by Crippen LogP contribution is 2.54. The van der Waals surface area contributed by atoms with Crippen LogP contribution in [0.1, 0.15) is 42.5 Å². The number of likely N-dealkylation sites (tertiary alicyclic amines) is 1. The first-order chi connectivity index (χ1) is 19.8.